The zero-order valence-electron chi connectivity index (χ0n) is 12.4. The average Bonchev–Trinajstić information content (AvgIpc) is 2.97. The Morgan fingerprint density at radius 1 is 1.20 bits per heavy atom. The van der Waals surface area contributed by atoms with Gasteiger partial charge in [-0.3, -0.25) is 0 Å². The van der Waals surface area contributed by atoms with E-state index >= 15 is 0 Å². The topological polar surface area (TPSA) is 39.1 Å². The van der Waals surface area contributed by atoms with E-state index in [-0.39, 0.29) is 12.1 Å². The molecule has 2 aromatic rings. The van der Waals surface area contributed by atoms with Crippen LogP contribution < -0.4 is 5.32 Å². The van der Waals surface area contributed by atoms with Gasteiger partial charge in [0.25, 0.3) is 0 Å². The molecule has 0 saturated carbocycles. The molecule has 2 rings (SSSR count). The second kappa shape index (κ2) is 7.22. The molecule has 0 aliphatic heterocycles. The van der Waals surface area contributed by atoms with E-state index in [1.54, 1.807) is 0 Å². The Morgan fingerprint density at radius 3 is 2.55 bits per heavy atom. The van der Waals surface area contributed by atoms with E-state index in [1.165, 1.54) is 0 Å². The summed E-state index contributed by atoms with van der Waals surface area (Å²) in [6.45, 7) is 4.90. The van der Waals surface area contributed by atoms with Crippen LogP contribution in [-0.4, -0.2) is 29.5 Å². The number of aromatic nitrogens is 2. The lowest BCUT2D eigenvalue weighted by atomic mass is 10.0. The fraction of sp³-hybridized carbons (Fsp3) is 0.438. The van der Waals surface area contributed by atoms with Gasteiger partial charge >= 0.3 is 0 Å². The number of ether oxygens (including phenoxy) is 1. The summed E-state index contributed by atoms with van der Waals surface area (Å²) in [4.78, 5) is 0. The summed E-state index contributed by atoms with van der Waals surface area (Å²) in [7, 11) is 1.97. The molecule has 2 atom stereocenters. The number of benzene rings is 1. The molecule has 4 heteroatoms. The molecule has 1 N–H and O–H groups in total. The number of nitrogens with zero attached hydrogens (tertiary/aromatic N) is 2. The third-order valence-electron chi connectivity index (χ3n) is 3.46. The second-order valence-corrected chi connectivity index (χ2v) is 4.67. The molecule has 0 spiro atoms. The molecule has 2 unspecified atom stereocenters. The third kappa shape index (κ3) is 3.08. The lowest BCUT2D eigenvalue weighted by Gasteiger charge is -2.26. The molecule has 20 heavy (non-hydrogen) atoms. The van der Waals surface area contributed by atoms with Crippen LogP contribution in [0.2, 0.25) is 0 Å². The van der Waals surface area contributed by atoms with Gasteiger partial charge in [-0.25, -0.2) is 4.68 Å². The van der Waals surface area contributed by atoms with Gasteiger partial charge in [0.15, 0.2) is 0 Å². The molecule has 0 bridgehead atoms. The van der Waals surface area contributed by atoms with Gasteiger partial charge < -0.3 is 10.1 Å². The van der Waals surface area contributed by atoms with E-state index in [9.17, 15) is 0 Å². The number of hydrogen-bond donors (Lipinski definition) is 1. The van der Waals surface area contributed by atoms with Crippen molar-refractivity contribution in [3.63, 3.8) is 0 Å². The van der Waals surface area contributed by atoms with Crippen molar-refractivity contribution in [2.24, 2.45) is 0 Å². The highest BCUT2D eigenvalue weighted by Gasteiger charge is 2.24. The average molecular weight is 273 g/mol. The van der Waals surface area contributed by atoms with Crippen LogP contribution in [0.4, 0.5) is 0 Å². The van der Waals surface area contributed by atoms with Crippen molar-refractivity contribution >= 4 is 0 Å². The van der Waals surface area contributed by atoms with E-state index < -0.39 is 0 Å². The Kier molecular flexibility index (Phi) is 5.32. The summed E-state index contributed by atoms with van der Waals surface area (Å²) in [5.74, 6) is 0. The van der Waals surface area contributed by atoms with Crippen LogP contribution in [-0.2, 0) is 4.74 Å². The highest BCUT2D eigenvalue weighted by Crippen LogP contribution is 2.23. The van der Waals surface area contributed by atoms with Gasteiger partial charge in [-0.2, -0.15) is 5.10 Å². The Hall–Kier alpha value is -1.65. The minimum atomic E-state index is 0.127. The second-order valence-electron chi connectivity index (χ2n) is 4.67. The van der Waals surface area contributed by atoms with Crippen molar-refractivity contribution in [2.45, 2.75) is 32.4 Å². The molecule has 0 aliphatic rings. The molecule has 0 amide bonds. The first-order valence-corrected chi connectivity index (χ1v) is 7.20. The number of likely N-dealkylation sites (N-methyl/N-ethyl adjacent to an activating group) is 1. The van der Waals surface area contributed by atoms with Crippen molar-refractivity contribution in [1.82, 2.24) is 15.1 Å². The summed E-state index contributed by atoms with van der Waals surface area (Å²) in [6, 6.07) is 12.4. The first-order chi connectivity index (χ1) is 9.81. The van der Waals surface area contributed by atoms with Crippen LogP contribution in [0.1, 0.15) is 32.0 Å². The highest BCUT2D eigenvalue weighted by atomic mass is 16.5. The first kappa shape index (κ1) is 14.8. The van der Waals surface area contributed by atoms with Crippen LogP contribution >= 0.6 is 0 Å². The predicted molar refractivity (Wildman–Crippen MR) is 81.1 cm³/mol. The lowest BCUT2D eigenvalue weighted by molar-refractivity contribution is 0.0317. The van der Waals surface area contributed by atoms with E-state index in [0.29, 0.717) is 0 Å². The van der Waals surface area contributed by atoms with E-state index in [1.807, 2.05) is 43.0 Å². The maximum Gasteiger partial charge on any atom is 0.0782 e. The SMILES string of the molecule is CCOC(CC)C(NC)c1ccnn1-c1ccccc1. The van der Waals surface area contributed by atoms with E-state index in [4.69, 9.17) is 4.74 Å². The summed E-state index contributed by atoms with van der Waals surface area (Å²) in [5.41, 5.74) is 2.19. The smallest absolute Gasteiger partial charge is 0.0782 e. The quantitative estimate of drug-likeness (QED) is 0.843. The molecule has 1 aromatic heterocycles. The Bertz CT molecular complexity index is 509. The molecule has 1 aromatic carbocycles. The fourth-order valence-corrected chi connectivity index (χ4v) is 2.52. The fourth-order valence-electron chi connectivity index (χ4n) is 2.52. The van der Waals surface area contributed by atoms with Gasteiger partial charge in [-0.1, -0.05) is 25.1 Å². The van der Waals surface area contributed by atoms with Crippen LogP contribution in [0.15, 0.2) is 42.6 Å². The summed E-state index contributed by atoms with van der Waals surface area (Å²) >= 11 is 0. The van der Waals surface area contributed by atoms with Gasteiger partial charge in [0.05, 0.1) is 23.5 Å². The molecule has 1 heterocycles. The molecule has 0 radical (unpaired) electrons. The van der Waals surface area contributed by atoms with Gasteiger partial charge in [0.2, 0.25) is 0 Å². The highest BCUT2D eigenvalue weighted by molar-refractivity contribution is 5.33. The zero-order valence-corrected chi connectivity index (χ0v) is 12.4. The van der Waals surface area contributed by atoms with E-state index in [0.717, 1.165) is 24.4 Å². The van der Waals surface area contributed by atoms with Gasteiger partial charge in [0.1, 0.15) is 0 Å². The summed E-state index contributed by atoms with van der Waals surface area (Å²) < 4.78 is 7.83. The summed E-state index contributed by atoms with van der Waals surface area (Å²) in [5, 5.41) is 7.82. The Balaban J connectivity index is 2.34. The van der Waals surface area contributed by atoms with Crippen LogP contribution in [0.3, 0.4) is 0 Å². The number of rotatable bonds is 7. The normalized spacial score (nSPS) is 14.2. The van der Waals surface area contributed by atoms with Crippen molar-refractivity contribution in [1.29, 1.82) is 0 Å². The monoisotopic (exact) mass is 273 g/mol. The van der Waals surface area contributed by atoms with Crippen molar-refractivity contribution in [3.05, 3.63) is 48.3 Å². The van der Waals surface area contributed by atoms with Gasteiger partial charge in [-0.05, 0) is 38.6 Å². The maximum absolute atomic E-state index is 5.86. The summed E-state index contributed by atoms with van der Waals surface area (Å²) in [6.07, 6.45) is 2.94. The minimum absolute atomic E-state index is 0.127. The predicted octanol–water partition coefficient (Wildman–Crippen LogP) is 2.95. The van der Waals surface area contributed by atoms with Gasteiger partial charge in [-0.15, -0.1) is 0 Å². The molecule has 0 saturated heterocycles. The third-order valence-corrected chi connectivity index (χ3v) is 3.46. The Morgan fingerprint density at radius 2 is 1.95 bits per heavy atom. The van der Waals surface area contributed by atoms with Crippen LogP contribution in [0, 0.1) is 0 Å². The minimum Gasteiger partial charge on any atom is -0.376 e. The van der Waals surface area contributed by atoms with Crippen LogP contribution in [0.5, 0.6) is 0 Å². The number of hydrogen-bond acceptors (Lipinski definition) is 3. The van der Waals surface area contributed by atoms with Gasteiger partial charge in [0, 0.05) is 12.8 Å². The standard InChI is InChI=1S/C16H23N3O/c1-4-15(20-5-2)16(17-3)14-11-12-18-19(14)13-9-7-6-8-10-13/h6-12,15-17H,4-5H2,1-3H3. The molecule has 4 nitrogen and oxygen atoms in total. The first-order valence-electron chi connectivity index (χ1n) is 7.20. The molecular weight excluding hydrogens is 250 g/mol. The number of para-hydroxylation sites is 1. The van der Waals surface area contributed by atoms with Crippen molar-refractivity contribution < 1.29 is 4.74 Å². The molecular formula is C16H23N3O. The van der Waals surface area contributed by atoms with Crippen molar-refractivity contribution in [3.8, 4) is 5.69 Å². The Labute approximate surface area is 120 Å². The molecule has 108 valence electrons. The maximum atomic E-state index is 5.86. The molecule has 0 fully saturated rings. The van der Waals surface area contributed by atoms with Crippen molar-refractivity contribution in [2.75, 3.05) is 13.7 Å². The number of nitrogens with one attached hydrogen (secondary N) is 1. The largest absolute Gasteiger partial charge is 0.376 e. The molecule has 0 aliphatic carbocycles. The van der Waals surface area contributed by atoms with E-state index in [2.05, 4.69) is 35.5 Å². The lowest BCUT2D eigenvalue weighted by Crippen LogP contribution is -2.33. The van der Waals surface area contributed by atoms with Crippen LogP contribution in [0.25, 0.3) is 5.69 Å². The zero-order chi connectivity index (χ0) is 14.4.